The van der Waals surface area contributed by atoms with Crippen molar-refractivity contribution < 1.29 is 27.1 Å². The standard InChI is InChI=1S/C11H14F2N2O4S/c12-11(13)4-7(5-11)1-2-15-20(18,19)8-3-9(10(16)17)14-6-8/h3,6-7,14-15H,1-2,4-5H2,(H,16,17). The van der Waals surface area contributed by atoms with Crippen LogP contribution in [0.1, 0.15) is 29.8 Å². The molecule has 1 aliphatic rings. The molecule has 20 heavy (non-hydrogen) atoms. The average molecular weight is 308 g/mol. The first-order valence-corrected chi connectivity index (χ1v) is 7.47. The number of carbonyl (C=O) groups is 1. The van der Waals surface area contributed by atoms with Gasteiger partial charge in [-0.25, -0.2) is 26.7 Å². The van der Waals surface area contributed by atoms with Gasteiger partial charge in [-0.2, -0.15) is 0 Å². The number of aromatic amines is 1. The Hall–Kier alpha value is -1.48. The van der Waals surface area contributed by atoms with Gasteiger partial charge in [0.2, 0.25) is 15.9 Å². The fourth-order valence-electron chi connectivity index (χ4n) is 2.12. The van der Waals surface area contributed by atoms with Crippen LogP contribution in [0.5, 0.6) is 0 Å². The van der Waals surface area contributed by atoms with Gasteiger partial charge < -0.3 is 10.1 Å². The van der Waals surface area contributed by atoms with Gasteiger partial charge in [0.05, 0.1) is 0 Å². The molecule has 0 aromatic carbocycles. The molecular formula is C11H14F2N2O4S. The Kier molecular flexibility index (Phi) is 3.83. The van der Waals surface area contributed by atoms with Crippen LogP contribution < -0.4 is 4.72 Å². The number of carboxylic acid groups (broad SMARTS) is 1. The molecule has 1 aromatic rings. The van der Waals surface area contributed by atoms with E-state index in [9.17, 15) is 22.0 Å². The second-order valence-electron chi connectivity index (χ2n) is 4.87. The van der Waals surface area contributed by atoms with Gasteiger partial charge in [0.15, 0.2) is 0 Å². The highest BCUT2D eigenvalue weighted by Gasteiger charge is 2.44. The van der Waals surface area contributed by atoms with E-state index in [0.717, 1.165) is 12.3 Å². The minimum Gasteiger partial charge on any atom is -0.477 e. The van der Waals surface area contributed by atoms with Gasteiger partial charge in [-0.05, 0) is 18.4 Å². The van der Waals surface area contributed by atoms with Crippen LogP contribution in [0.2, 0.25) is 0 Å². The monoisotopic (exact) mass is 308 g/mol. The number of hydrogen-bond donors (Lipinski definition) is 3. The Morgan fingerprint density at radius 2 is 2.15 bits per heavy atom. The Morgan fingerprint density at radius 3 is 2.65 bits per heavy atom. The molecule has 112 valence electrons. The van der Waals surface area contributed by atoms with Crippen LogP contribution in [0.25, 0.3) is 0 Å². The van der Waals surface area contributed by atoms with Crippen molar-refractivity contribution in [1.29, 1.82) is 0 Å². The number of carboxylic acids is 1. The smallest absolute Gasteiger partial charge is 0.352 e. The van der Waals surface area contributed by atoms with Gasteiger partial charge in [-0.15, -0.1) is 0 Å². The first kappa shape index (κ1) is 14.9. The molecule has 6 nitrogen and oxygen atoms in total. The summed E-state index contributed by atoms with van der Waals surface area (Å²) in [6.07, 6.45) is 0.998. The third kappa shape index (κ3) is 3.34. The lowest BCUT2D eigenvalue weighted by atomic mass is 9.79. The quantitative estimate of drug-likeness (QED) is 0.740. The maximum Gasteiger partial charge on any atom is 0.352 e. The Morgan fingerprint density at radius 1 is 1.50 bits per heavy atom. The second-order valence-corrected chi connectivity index (χ2v) is 6.64. The Balaban J connectivity index is 1.86. The zero-order valence-corrected chi connectivity index (χ0v) is 11.2. The molecule has 1 fully saturated rings. The van der Waals surface area contributed by atoms with E-state index in [2.05, 4.69) is 9.71 Å². The number of halogens is 2. The zero-order valence-electron chi connectivity index (χ0n) is 10.4. The predicted molar refractivity (Wildman–Crippen MR) is 65.2 cm³/mol. The van der Waals surface area contributed by atoms with E-state index in [4.69, 9.17) is 5.11 Å². The highest BCUT2D eigenvalue weighted by molar-refractivity contribution is 7.89. The highest BCUT2D eigenvalue weighted by Crippen LogP contribution is 2.43. The molecule has 0 atom stereocenters. The number of sulfonamides is 1. The largest absolute Gasteiger partial charge is 0.477 e. The van der Waals surface area contributed by atoms with E-state index >= 15 is 0 Å². The number of hydrogen-bond acceptors (Lipinski definition) is 3. The number of aromatic nitrogens is 1. The van der Waals surface area contributed by atoms with Crippen LogP contribution in [0.3, 0.4) is 0 Å². The molecule has 3 N–H and O–H groups in total. The van der Waals surface area contributed by atoms with Crippen molar-refractivity contribution in [2.45, 2.75) is 30.1 Å². The van der Waals surface area contributed by atoms with Crippen molar-refractivity contribution >= 4 is 16.0 Å². The van der Waals surface area contributed by atoms with Crippen LogP contribution in [0.15, 0.2) is 17.2 Å². The molecule has 2 rings (SSSR count). The normalized spacial score (nSPS) is 18.7. The maximum atomic E-state index is 12.6. The molecule has 1 heterocycles. The molecule has 1 aromatic heterocycles. The van der Waals surface area contributed by atoms with Crippen LogP contribution in [0.4, 0.5) is 8.78 Å². The van der Waals surface area contributed by atoms with E-state index in [0.29, 0.717) is 6.42 Å². The summed E-state index contributed by atoms with van der Waals surface area (Å²) in [6.45, 7) is 0.0522. The summed E-state index contributed by atoms with van der Waals surface area (Å²) in [5.41, 5.74) is -0.232. The molecule has 1 aliphatic carbocycles. The van der Waals surface area contributed by atoms with Crippen molar-refractivity contribution in [3.05, 3.63) is 18.0 Å². The summed E-state index contributed by atoms with van der Waals surface area (Å²) in [5, 5.41) is 8.68. The molecule has 0 unspecified atom stereocenters. The third-order valence-corrected chi connectivity index (χ3v) is 4.66. The molecule has 0 saturated heterocycles. The fourth-order valence-corrected chi connectivity index (χ4v) is 3.16. The molecular weight excluding hydrogens is 294 g/mol. The molecule has 9 heteroatoms. The lowest BCUT2D eigenvalue weighted by molar-refractivity contribution is -0.111. The maximum absolute atomic E-state index is 12.6. The number of aromatic carboxylic acids is 1. The van der Waals surface area contributed by atoms with Crippen molar-refractivity contribution in [2.24, 2.45) is 5.92 Å². The Bertz CT molecular complexity index is 604. The lowest BCUT2D eigenvalue weighted by Gasteiger charge is -2.34. The van der Waals surface area contributed by atoms with Gasteiger partial charge in [-0.3, -0.25) is 0 Å². The topological polar surface area (TPSA) is 99.3 Å². The van der Waals surface area contributed by atoms with E-state index in [1.807, 2.05) is 0 Å². The van der Waals surface area contributed by atoms with Crippen molar-refractivity contribution in [3.8, 4) is 0 Å². The van der Waals surface area contributed by atoms with E-state index in [-0.39, 0.29) is 35.9 Å². The van der Waals surface area contributed by atoms with E-state index in [1.165, 1.54) is 0 Å². The van der Waals surface area contributed by atoms with Gasteiger partial charge in [0, 0.05) is 25.6 Å². The van der Waals surface area contributed by atoms with Crippen LogP contribution >= 0.6 is 0 Å². The van der Waals surface area contributed by atoms with E-state index in [1.54, 1.807) is 0 Å². The van der Waals surface area contributed by atoms with Gasteiger partial charge in [-0.1, -0.05) is 0 Å². The van der Waals surface area contributed by atoms with Gasteiger partial charge in [0.1, 0.15) is 10.6 Å². The molecule has 0 spiro atoms. The number of nitrogens with one attached hydrogen (secondary N) is 2. The summed E-state index contributed by atoms with van der Waals surface area (Å²) in [7, 11) is -3.81. The first-order chi connectivity index (χ1) is 9.20. The molecule has 0 radical (unpaired) electrons. The fraction of sp³-hybridized carbons (Fsp3) is 0.545. The molecule has 0 amide bonds. The summed E-state index contributed by atoms with van der Waals surface area (Å²) < 4.78 is 51.1. The average Bonchev–Trinajstić information content (AvgIpc) is 2.76. The summed E-state index contributed by atoms with van der Waals surface area (Å²) in [5.74, 6) is -4.04. The van der Waals surface area contributed by atoms with E-state index < -0.39 is 21.9 Å². The second kappa shape index (κ2) is 5.13. The lowest BCUT2D eigenvalue weighted by Crippen LogP contribution is -2.37. The van der Waals surface area contributed by atoms with Gasteiger partial charge >= 0.3 is 5.97 Å². The summed E-state index contributed by atoms with van der Waals surface area (Å²) in [4.78, 5) is 12.8. The van der Waals surface area contributed by atoms with Crippen LogP contribution in [-0.4, -0.2) is 36.9 Å². The van der Waals surface area contributed by atoms with Crippen LogP contribution in [-0.2, 0) is 10.0 Å². The first-order valence-electron chi connectivity index (χ1n) is 5.99. The Labute approximate surface area is 114 Å². The number of rotatable bonds is 6. The van der Waals surface area contributed by atoms with Crippen molar-refractivity contribution in [1.82, 2.24) is 9.71 Å². The SMILES string of the molecule is O=C(O)c1cc(S(=O)(=O)NCCC2CC(F)(F)C2)c[nH]1. The molecule has 0 aliphatic heterocycles. The molecule has 0 bridgehead atoms. The van der Waals surface area contributed by atoms with Crippen LogP contribution in [0, 0.1) is 5.92 Å². The third-order valence-electron chi connectivity index (χ3n) is 3.22. The van der Waals surface area contributed by atoms with Crippen molar-refractivity contribution in [2.75, 3.05) is 6.54 Å². The van der Waals surface area contributed by atoms with Gasteiger partial charge in [0.25, 0.3) is 0 Å². The molecule has 1 saturated carbocycles. The summed E-state index contributed by atoms with van der Waals surface area (Å²) >= 11 is 0. The van der Waals surface area contributed by atoms with Crippen molar-refractivity contribution in [3.63, 3.8) is 0 Å². The summed E-state index contributed by atoms with van der Waals surface area (Å²) in [6, 6.07) is 1.00. The number of alkyl halides is 2. The minimum atomic E-state index is -3.81. The number of H-pyrrole nitrogens is 1. The zero-order chi connectivity index (χ0) is 15.0. The minimum absolute atomic E-state index is 0.0522. The highest BCUT2D eigenvalue weighted by atomic mass is 32.2. The predicted octanol–water partition coefficient (Wildman–Crippen LogP) is 1.43.